The van der Waals surface area contributed by atoms with Gasteiger partial charge in [0.15, 0.2) is 0 Å². The van der Waals surface area contributed by atoms with Gasteiger partial charge in [-0.15, -0.1) is 0 Å². The maximum absolute atomic E-state index is 12.1. The number of amides is 2. The first-order valence-electron chi connectivity index (χ1n) is 5.67. The molecule has 4 heteroatoms. The van der Waals surface area contributed by atoms with E-state index in [4.69, 9.17) is 5.26 Å². The first-order valence-corrected chi connectivity index (χ1v) is 5.67. The van der Waals surface area contributed by atoms with Gasteiger partial charge in [-0.3, -0.25) is 4.90 Å². The van der Waals surface area contributed by atoms with Crippen molar-refractivity contribution in [1.29, 1.82) is 5.26 Å². The second kappa shape index (κ2) is 5.90. The van der Waals surface area contributed by atoms with E-state index in [1.165, 1.54) is 4.90 Å². The molecule has 90 valence electrons. The second-order valence-electron chi connectivity index (χ2n) is 3.64. The van der Waals surface area contributed by atoms with Gasteiger partial charge in [0.05, 0.1) is 11.3 Å². The van der Waals surface area contributed by atoms with Gasteiger partial charge in [0.1, 0.15) is 6.07 Å². The number of para-hydroxylation sites is 1. The van der Waals surface area contributed by atoms with E-state index >= 15 is 0 Å². The van der Waals surface area contributed by atoms with Gasteiger partial charge in [0, 0.05) is 20.1 Å². The first-order chi connectivity index (χ1) is 8.15. The smallest absolute Gasteiger partial charge is 0.324 e. The minimum atomic E-state index is -0.0855. The van der Waals surface area contributed by atoms with Gasteiger partial charge in [-0.1, -0.05) is 12.1 Å². The third-order valence-electron chi connectivity index (χ3n) is 2.71. The van der Waals surface area contributed by atoms with E-state index in [1.54, 1.807) is 30.1 Å². The highest BCUT2D eigenvalue weighted by Crippen LogP contribution is 2.19. The van der Waals surface area contributed by atoms with Crippen LogP contribution in [0, 0.1) is 11.3 Å². The molecule has 0 aliphatic carbocycles. The minimum absolute atomic E-state index is 0.0855. The van der Waals surface area contributed by atoms with Crippen molar-refractivity contribution in [1.82, 2.24) is 4.90 Å². The molecule has 0 atom stereocenters. The summed E-state index contributed by atoms with van der Waals surface area (Å²) in [5, 5.41) is 9.00. The average Bonchev–Trinajstić information content (AvgIpc) is 2.39. The summed E-state index contributed by atoms with van der Waals surface area (Å²) in [6, 6.07) is 9.11. The standard InChI is InChI=1S/C13H17N3O/c1-4-16(5-2)13(17)15(3)12-9-7-6-8-11(12)10-14/h6-9H,4-5H2,1-3H3. The predicted molar refractivity (Wildman–Crippen MR) is 67.9 cm³/mol. The van der Waals surface area contributed by atoms with Crippen molar-refractivity contribution in [3.8, 4) is 6.07 Å². The SMILES string of the molecule is CCN(CC)C(=O)N(C)c1ccccc1C#N. The Morgan fingerprint density at radius 2 is 1.88 bits per heavy atom. The summed E-state index contributed by atoms with van der Waals surface area (Å²) in [6.45, 7) is 5.19. The van der Waals surface area contributed by atoms with Crippen LogP contribution in [0.4, 0.5) is 10.5 Å². The zero-order valence-corrected chi connectivity index (χ0v) is 10.5. The fourth-order valence-electron chi connectivity index (χ4n) is 1.67. The number of carbonyl (C=O) groups excluding carboxylic acids is 1. The molecule has 2 amide bonds. The van der Waals surface area contributed by atoms with Crippen LogP contribution in [-0.4, -0.2) is 31.1 Å². The van der Waals surface area contributed by atoms with E-state index < -0.39 is 0 Å². The molecule has 1 aromatic carbocycles. The number of hydrogen-bond donors (Lipinski definition) is 0. The Hall–Kier alpha value is -2.02. The van der Waals surface area contributed by atoms with Crippen molar-refractivity contribution in [2.24, 2.45) is 0 Å². The van der Waals surface area contributed by atoms with E-state index in [0.717, 1.165) is 0 Å². The first kappa shape index (κ1) is 13.0. The third kappa shape index (κ3) is 2.76. The van der Waals surface area contributed by atoms with Crippen molar-refractivity contribution in [2.45, 2.75) is 13.8 Å². The van der Waals surface area contributed by atoms with Gasteiger partial charge in [-0.2, -0.15) is 5.26 Å². The molecule has 1 aromatic rings. The summed E-state index contributed by atoms with van der Waals surface area (Å²) in [7, 11) is 1.69. The monoisotopic (exact) mass is 231 g/mol. The van der Waals surface area contributed by atoms with E-state index in [2.05, 4.69) is 6.07 Å². The number of anilines is 1. The molecule has 0 radical (unpaired) electrons. The molecule has 0 aliphatic rings. The highest BCUT2D eigenvalue weighted by atomic mass is 16.2. The molecule has 0 aromatic heterocycles. The molecule has 0 fully saturated rings. The number of urea groups is 1. The quantitative estimate of drug-likeness (QED) is 0.802. The zero-order valence-electron chi connectivity index (χ0n) is 10.5. The highest BCUT2D eigenvalue weighted by molar-refractivity contribution is 5.92. The van der Waals surface area contributed by atoms with Crippen LogP contribution in [0.5, 0.6) is 0 Å². The van der Waals surface area contributed by atoms with E-state index in [0.29, 0.717) is 24.3 Å². The molecule has 0 spiro atoms. The molecule has 0 unspecified atom stereocenters. The summed E-state index contributed by atoms with van der Waals surface area (Å²) in [5.74, 6) is 0. The molecule has 0 N–H and O–H groups in total. The molecule has 1 rings (SSSR count). The molecule has 4 nitrogen and oxygen atoms in total. The normalized spacial score (nSPS) is 9.53. The van der Waals surface area contributed by atoms with Crippen LogP contribution in [0.2, 0.25) is 0 Å². The zero-order chi connectivity index (χ0) is 12.8. The molecule has 0 aliphatic heterocycles. The van der Waals surface area contributed by atoms with Crippen molar-refractivity contribution < 1.29 is 4.79 Å². The van der Waals surface area contributed by atoms with Crippen LogP contribution < -0.4 is 4.90 Å². The molecular weight excluding hydrogens is 214 g/mol. The number of benzene rings is 1. The largest absolute Gasteiger partial charge is 0.325 e. The lowest BCUT2D eigenvalue weighted by Crippen LogP contribution is -2.41. The van der Waals surface area contributed by atoms with Crippen LogP contribution in [0.3, 0.4) is 0 Å². The topological polar surface area (TPSA) is 47.3 Å². The van der Waals surface area contributed by atoms with Crippen LogP contribution in [0.25, 0.3) is 0 Å². The Bertz CT molecular complexity index is 433. The van der Waals surface area contributed by atoms with Gasteiger partial charge in [-0.05, 0) is 26.0 Å². The molecule has 0 saturated heterocycles. The van der Waals surface area contributed by atoms with Gasteiger partial charge < -0.3 is 4.90 Å². The Balaban J connectivity index is 3.00. The Morgan fingerprint density at radius 1 is 1.29 bits per heavy atom. The van der Waals surface area contributed by atoms with Crippen LogP contribution in [-0.2, 0) is 0 Å². The summed E-state index contributed by atoms with van der Waals surface area (Å²) in [4.78, 5) is 15.4. The second-order valence-corrected chi connectivity index (χ2v) is 3.64. The maximum Gasteiger partial charge on any atom is 0.324 e. The average molecular weight is 231 g/mol. The molecule has 0 heterocycles. The van der Waals surface area contributed by atoms with Crippen molar-refractivity contribution in [3.05, 3.63) is 29.8 Å². The van der Waals surface area contributed by atoms with Crippen molar-refractivity contribution >= 4 is 11.7 Å². The maximum atomic E-state index is 12.1. The van der Waals surface area contributed by atoms with Crippen LogP contribution in [0.15, 0.2) is 24.3 Å². The lowest BCUT2D eigenvalue weighted by Gasteiger charge is -2.26. The summed E-state index contributed by atoms with van der Waals surface area (Å²) < 4.78 is 0. The minimum Gasteiger partial charge on any atom is -0.325 e. The fourth-order valence-corrected chi connectivity index (χ4v) is 1.67. The van der Waals surface area contributed by atoms with Gasteiger partial charge >= 0.3 is 6.03 Å². The van der Waals surface area contributed by atoms with Gasteiger partial charge in [0.2, 0.25) is 0 Å². The third-order valence-corrected chi connectivity index (χ3v) is 2.71. The highest BCUT2D eigenvalue weighted by Gasteiger charge is 2.18. The Morgan fingerprint density at radius 3 is 2.41 bits per heavy atom. The van der Waals surface area contributed by atoms with E-state index in [9.17, 15) is 4.79 Å². The molecule has 0 saturated carbocycles. The molecule has 0 bridgehead atoms. The van der Waals surface area contributed by atoms with Crippen LogP contribution >= 0.6 is 0 Å². The lowest BCUT2D eigenvalue weighted by atomic mass is 10.2. The predicted octanol–water partition coefficient (Wildman–Crippen LogP) is 2.46. The molecular formula is C13H17N3O. The summed E-state index contributed by atoms with van der Waals surface area (Å²) in [6.07, 6.45) is 0. The lowest BCUT2D eigenvalue weighted by molar-refractivity contribution is 0.211. The van der Waals surface area contributed by atoms with E-state index in [1.807, 2.05) is 19.9 Å². The molecule has 17 heavy (non-hydrogen) atoms. The summed E-state index contributed by atoms with van der Waals surface area (Å²) >= 11 is 0. The van der Waals surface area contributed by atoms with E-state index in [-0.39, 0.29) is 6.03 Å². The Kier molecular flexibility index (Phi) is 4.53. The number of nitriles is 1. The van der Waals surface area contributed by atoms with Crippen LogP contribution in [0.1, 0.15) is 19.4 Å². The van der Waals surface area contributed by atoms with Gasteiger partial charge in [-0.25, -0.2) is 4.79 Å². The number of carbonyl (C=O) groups is 1. The Labute approximate surface area is 102 Å². The number of hydrogen-bond acceptors (Lipinski definition) is 2. The van der Waals surface area contributed by atoms with Crippen molar-refractivity contribution in [2.75, 3.05) is 25.0 Å². The van der Waals surface area contributed by atoms with Crippen molar-refractivity contribution in [3.63, 3.8) is 0 Å². The number of rotatable bonds is 3. The summed E-state index contributed by atoms with van der Waals surface area (Å²) in [5.41, 5.74) is 1.16. The van der Waals surface area contributed by atoms with Gasteiger partial charge in [0.25, 0.3) is 0 Å². The number of nitrogens with zero attached hydrogens (tertiary/aromatic N) is 3. The fraction of sp³-hybridized carbons (Fsp3) is 0.385.